The molecule has 1 aliphatic carbocycles. The van der Waals surface area contributed by atoms with Crippen LogP contribution in [0, 0.1) is 12.7 Å². The van der Waals surface area contributed by atoms with Crippen LogP contribution in [-0.4, -0.2) is 12.5 Å². The highest BCUT2D eigenvalue weighted by atomic mass is 79.9. The maximum atomic E-state index is 14.1. The number of furan rings is 1. The summed E-state index contributed by atoms with van der Waals surface area (Å²) in [5, 5.41) is 3.71. The average molecular weight is 486 g/mol. The zero-order chi connectivity index (χ0) is 22.1. The van der Waals surface area contributed by atoms with Gasteiger partial charge in [-0.05, 0) is 69.9 Å². The minimum Gasteiger partial charge on any atom is -0.493 e. The van der Waals surface area contributed by atoms with E-state index >= 15 is 0 Å². The summed E-state index contributed by atoms with van der Waals surface area (Å²) >= 11 is 3.22. The highest BCUT2D eigenvalue weighted by Crippen LogP contribution is 2.41. The zero-order valence-electron chi connectivity index (χ0n) is 17.9. The van der Waals surface area contributed by atoms with Gasteiger partial charge in [0, 0.05) is 39.0 Å². The number of anilines is 1. The standard InChI is InChI=1S/C25H25BrFNO3/c1-4-30-24-15(3)25-19(17-7-5-6-8-22(17)31-25)13-18(24)14(2)11-23(29)28-21-10-9-16(26)12-20(21)27/h9-13H,4-8H2,1-3H3,(H,28,29)/b14-11+. The molecule has 0 spiro atoms. The molecule has 0 saturated carbocycles. The highest BCUT2D eigenvalue weighted by Gasteiger charge is 2.23. The number of hydrogen-bond acceptors (Lipinski definition) is 3. The second kappa shape index (κ2) is 8.87. The normalized spacial score (nSPS) is 13.9. The topological polar surface area (TPSA) is 51.5 Å². The lowest BCUT2D eigenvalue weighted by Crippen LogP contribution is -2.10. The summed E-state index contributed by atoms with van der Waals surface area (Å²) in [5.41, 5.74) is 4.81. The van der Waals surface area contributed by atoms with Crippen molar-refractivity contribution in [1.29, 1.82) is 0 Å². The van der Waals surface area contributed by atoms with Crippen LogP contribution in [0.4, 0.5) is 10.1 Å². The Morgan fingerprint density at radius 2 is 2.06 bits per heavy atom. The summed E-state index contributed by atoms with van der Waals surface area (Å²) in [5.74, 6) is 0.894. The molecule has 1 aliphatic rings. The van der Waals surface area contributed by atoms with Crippen LogP contribution in [0.3, 0.4) is 0 Å². The van der Waals surface area contributed by atoms with E-state index < -0.39 is 11.7 Å². The van der Waals surface area contributed by atoms with Crippen molar-refractivity contribution in [3.63, 3.8) is 0 Å². The number of aryl methyl sites for hydroxylation is 3. The summed E-state index contributed by atoms with van der Waals surface area (Å²) in [6, 6.07) is 6.60. The third-order valence-electron chi connectivity index (χ3n) is 5.68. The highest BCUT2D eigenvalue weighted by molar-refractivity contribution is 9.10. The summed E-state index contributed by atoms with van der Waals surface area (Å²) in [6.07, 6.45) is 5.74. The van der Waals surface area contributed by atoms with E-state index in [1.54, 1.807) is 6.07 Å². The molecule has 1 amide bonds. The quantitative estimate of drug-likeness (QED) is 0.397. The molecule has 0 bridgehead atoms. The fraction of sp³-hybridized carbons (Fsp3) is 0.320. The van der Waals surface area contributed by atoms with Gasteiger partial charge in [0.2, 0.25) is 5.91 Å². The number of benzene rings is 2. The van der Waals surface area contributed by atoms with E-state index in [-0.39, 0.29) is 5.69 Å². The maximum Gasteiger partial charge on any atom is 0.248 e. The van der Waals surface area contributed by atoms with Crippen LogP contribution in [0.2, 0.25) is 0 Å². The Labute approximate surface area is 189 Å². The van der Waals surface area contributed by atoms with E-state index in [9.17, 15) is 9.18 Å². The first kappa shape index (κ1) is 21.6. The number of ether oxygens (including phenoxy) is 1. The molecule has 162 valence electrons. The van der Waals surface area contributed by atoms with Crippen LogP contribution in [-0.2, 0) is 17.6 Å². The van der Waals surface area contributed by atoms with Gasteiger partial charge in [0.1, 0.15) is 22.9 Å². The molecule has 1 heterocycles. The molecule has 0 fully saturated rings. The van der Waals surface area contributed by atoms with Crippen molar-refractivity contribution in [2.24, 2.45) is 0 Å². The Bertz CT molecular complexity index is 1200. The molecule has 0 atom stereocenters. The Balaban J connectivity index is 1.74. The number of fused-ring (bicyclic) bond motifs is 3. The smallest absolute Gasteiger partial charge is 0.248 e. The molecule has 0 unspecified atom stereocenters. The first-order chi connectivity index (χ1) is 14.9. The molecule has 6 heteroatoms. The lowest BCUT2D eigenvalue weighted by atomic mass is 9.93. The predicted octanol–water partition coefficient (Wildman–Crippen LogP) is 6.96. The van der Waals surface area contributed by atoms with Crippen LogP contribution < -0.4 is 10.1 Å². The van der Waals surface area contributed by atoms with Gasteiger partial charge in [0.05, 0.1) is 12.3 Å². The van der Waals surface area contributed by atoms with E-state index in [4.69, 9.17) is 9.15 Å². The first-order valence-corrected chi connectivity index (χ1v) is 11.3. The monoisotopic (exact) mass is 485 g/mol. The number of allylic oxidation sites excluding steroid dienone is 1. The largest absolute Gasteiger partial charge is 0.493 e. The summed E-state index contributed by atoms with van der Waals surface area (Å²) in [7, 11) is 0. The van der Waals surface area contributed by atoms with Crippen LogP contribution in [0.1, 0.15) is 49.1 Å². The van der Waals surface area contributed by atoms with Crippen molar-refractivity contribution in [3.05, 3.63) is 63.1 Å². The zero-order valence-corrected chi connectivity index (χ0v) is 19.5. The maximum absolute atomic E-state index is 14.1. The number of amides is 1. The molecular formula is C25H25BrFNO3. The van der Waals surface area contributed by atoms with Gasteiger partial charge < -0.3 is 14.5 Å². The van der Waals surface area contributed by atoms with Crippen molar-refractivity contribution < 1.29 is 18.3 Å². The molecule has 1 aromatic heterocycles. The van der Waals surface area contributed by atoms with Crippen LogP contribution in [0.5, 0.6) is 5.75 Å². The fourth-order valence-corrected chi connectivity index (χ4v) is 4.53. The van der Waals surface area contributed by atoms with Gasteiger partial charge in [-0.1, -0.05) is 15.9 Å². The SMILES string of the molecule is CCOc1c(/C(C)=C/C(=O)Nc2ccc(Br)cc2F)cc2c3c(oc2c1C)CCCC3. The van der Waals surface area contributed by atoms with E-state index in [1.165, 1.54) is 23.8 Å². The second-order valence-corrected chi connectivity index (χ2v) is 8.76. The number of carbonyl (C=O) groups excluding carboxylic acids is 1. The number of hydrogen-bond donors (Lipinski definition) is 1. The van der Waals surface area contributed by atoms with E-state index in [0.717, 1.165) is 64.9 Å². The summed E-state index contributed by atoms with van der Waals surface area (Å²) in [6.45, 7) is 6.30. The van der Waals surface area contributed by atoms with Gasteiger partial charge in [-0.2, -0.15) is 0 Å². The third kappa shape index (κ3) is 4.26. The molecule has 2 aromatic carbocycles. The summed E-state index contributed by atoms with van der Waals surface area (Å²) < 4.78 is 26.9. The lowest BCUT2D eigenvalue weighted by Gasteiger charge is -2.15. The number of carbonyl (C=O) groups is 1. The van der Waals surface area contributed by atoms with Crippen LogP contribution in [0.15, 0.2) is 39.2 Å². The van der Waals surface area contributed by atoms with Crippen molar-refractivity contribution in [2.75, 3.05) is 11.9 Å². The molecule has 4 nitrogen and oxygen atoms in total. The van der Waals surface area contributed by atoms with Crippen molar-refractivity contribution >= 4 is 44.1 Å². The molecule has 0 aliphatic heterocycles. The van der Waals surface area contributed by atoms with E-state index in [0.29, 0.717) is 11.1 Å². The van der Waals surface area contributed by atoms with Gasteiger partial charge in [-0.15, -0.1) is 0 Å². The van der Waals surface area contributed by atoms with Gasteiger partial charge in [0.25, 0.3) is 0 Å². The molecule has 0 radical (unpaired) electrons. The van der Waals surface area contributed by atoms with Crippen molar-refractivity contribution in [1.82, 2.24) is 0 Å². The lowest BCUT2D eigenvalue weighted by molar-refractivity contribution is -0.111. The van der Waals surface area contributed by atoms with E-state index in [1.807, 2.05) is 20.8 Å². The fourth-order valence-electron chi connectivity index (χ4n) is 4.19. The van der Waals surface area contributed by atoms with Crippen LogP contribution in [0.25, 0.3) is 16.5 Å². The number of halogens is 2. The second-order valence-electron chi connectivity index (χ2n) is 7.84. The first-order valence-electron chi connectivity index (χ1n) is 10.5. The minimum absolute atomic E-state index is 0.137. The van der Waals surface area contributed by atoms with Gasteiger partial charge in [0.15, 0.2) is 0 Å². The van der Waals surface area contributed by atoms with Crippen molar-refractivity contribution in [2.45, 2.75) is 46.5 Å². The van der Waals surface area contributed by atoms with E-state index in [2.05, 4.69) is 27.3 Å². The molecule has 3 aromatic rings. The molecule has 4 rings (SSSR count). The minimum atomic E-state index is -0.494. The van der Waals surface area contributed by atoms with Gasteiger partial charge in [-0.25, -0.2) is 4.39 Å². The third-order valence-corrected chi connectivity index (χ3v) is 6.17. The molecule has 0 saturated heterocycles. The molecule has 1 N–H and O–H groups in total. The number of nitrogens with one attached hydrogen (secondary N) is 1. The molecule has 31 heavy (non-hydrogen) atoms. The Kier molecular flexibility index (Phi) is 6.19. The Morgan fingerprint density at radius 1 is 1.29 bits per heavy atom. The van der Waals surface area contributed by atoms with Gasteiger partial charge in [-0.3, -0.25) is 4.79 Å². The predicted molar refractivity (Wildman–Crippen MR) is 125 cm³/mol. The summed E-state index contributed by atoms with van der Waals surface area (Å²) in [4.78, 5) is 12.6. The average Bonchev–Trinajstić information content (AvgIpc) is 3.11. The molecular weight excluding hydrogens is 461 g/mol. The van der Waals surface area contributed by atoms with Crippen molar-refractivity contribution in [3.8, 4) is 5.75 Å². The Hall–Kier alpha value is -2.60. The Morgan fingerprint density at radius 3 is 2.81 bits per heavy atom. The van der Waals surface area contributed by atoms with Gasteiger partial charge >= 0.3 is 0 Å². The van der Waals surface area contributed by atoms with Crippen LogP contribution >= 0.6 is 15.9 Å². The number of rotatable bonds is 5.